The van der Waals surface area contributed by atoms with Gasteiger partial charge in [-0.2, -0.15) is 0 Å². The lowest BCUT2D eigenvalue weighted by molar-refractivity contribution is 0.589. The maximum atomic E-state index is 13.0. The molecule has 4 nitrogen and oxygen atoms in total. The molecule has 2 aromatic rings. The third-order valence-corrected chi connectivity index (χ3v) is 4.85. The third-order valence-electron chi connectivity index (χ3n) is 3.01. The minimum atomic E-state index is -3.72. The Morgan fingerprint density at radius 1 is 1.05 bits per heavy atom. The Balaban J connectivity index is 2.45. The van der Waals surface area contributed by atoms with Crippen molar-refractivity contribution in [2.45, 2.75) is 18.2 Å². The number of anilines is 2. The summed E-state index contributed by atoms with van der Waals surface area (Å²) in [6, 6.07) is 11.4. The standard InChI is InChI=1S/C15H17FN2O2S/c1-2-11-18(14-7-5-13(17)6-8-14)21(19,20)15-9-3-12(16)4-10-15/h3-10H,2,11,17H2,1H3. The smallest absolute Gasteiger partial charge is 0.264 e. The molecule has 0 spiro atoms. The van der Waals surface area contributed by atoms with Gasteiger partial charge in [0.1, 0.15) is 5.82 Å². The van der Waals surface area contributed by atoms with Gasteiger partial charge in [-0.1, -0.05) is 6.92 Å². The topological polar surface area (TPSA) is 63.4 Å². The summed E-state index contributed by atoms with van der Waals surface area (Å²) in [5.74, 6) is -0.469. The summed E-state index contributed by atoms with van der Waals surface area (Å²) in [5, 5.41) is 0. The van der Waals surface area contributed by atoms with Gasteiger partial charge in [0.2, 0.25) is 0 Å². The van der Waals surface area contributed by atoms with Crippen LogP contribution in [0, 0.1) is 5.82 Å². The van der Waals surface area contributed by atoms with Gasteiger partial charge in [-0.15, -0.1) is 0 Å². The molecule has 0 saturated carbocycles. The van der Waals surface area contributed by atoms with Crippen LogP contribution in [-0.4, -0.2) is 15.0 Å². The summed E-state index contributed by atoms with van der Waals surface area (Å²) < 4.78 is 39.7. The highest BCUT2D eigenvalue weighted by molar-refractivity contribution is 7.92. The Kier molecular flexibility index (Phi) is 4.47. The van der Waals surface area contributed by atoms with Crippen LogP contribution >= 0.6 is 0 Å². The van der Waals surface area contributed by atoms with Gasteiger partial charge in [0, 0.05) is 12.2 Å². The van der Waals surface area contributed by atoms with Gasteiger partial charge in [-0.05, 0) is 55.0 Å². The lowest BCUT2D eigenvalue weighted by Crippen LogP contribution is -2.31. The van der Waals surface area contributed by atoms with Crippen molar-refractivity contribution in [1.29, 1.82) is 0 Å². The molecule has 0 radical (unpaired) electrons. The summed E-state index contributed by atoms with van der Waals surface area (Å²) in [7, 11) is -3.72. The van der Waals surface area contributed by atoms with Gasteiger partial charge in [0.15, 0.2) is 0 Å². The van der Waals surface area contributed by atoms with Crippen molar-refractivity contribution in [3.63, 3.8) is 0 Å². The largest absolute Gasteiger partial charge is 0.399 e. The Bertz CT molecular complexity index is 697. The second-order valence-electron chi connectivity index (χ2n) is 4.62. The normalized spacial score (nSPS) is 11.3. The fourth-order valence-electron chi connectivity index (χ4n) is 1.97. The first kappa shape index (κ1) is 15.3. The predicted molar refractivity (Wildman–Crippen MR) is 82.1 cm³/mol. The Morgan fingerprint density at radius 2 is 1.62 bits per heavy atom. The van der Waals surface area contributed by atoms with E-state index < -0.39 is 15.8 Å². The number of halogens is 1. The van der Waals surface area contributed by atoms with Gasteiger partial charge in [-0.25, -0.2) is 12.8 Å². The zero-order valence-corrected chi connectivity index (χ0v) is 12.5. The monoisotopic (exact) mass is 308 g/mol. The first-order chi connectivity index (χ1) is 9.95. The van der Waals surface area contributed by atoms with Crippen LogP contribution in [-0.2, 0) is 10.0 Å². The molecule has 21 heavy (non-hydrogen) atoms. The summed E-state index contributed by atoms with van der Waals surface area (Å²) in [5.41, 5.74) is 6.73. The molecule has 0 aliphatic heterocycles. The highest BCUT2D eigenvalue weighted by Crippen LogP contribution is 2.25. The molecule has 112 valence electrons. The number of hydrogen-bond donors (Lipinski definition) is 1. The zero-order valence-electron chi connectivity index (χ0n) is 11.7. The zero-order chi connectivity index (χ0) is 15.5. The molecule has 2 N–H and O–H groups in total. The first-order valence-electron chi connectivity index (χ1n) is 6.59. The van der Waals surface area contributed by atoms with Gasteiger partial charge < -0.3 is 5.73 Å². The lowest BCUT2D eigenvalue weighted by Gasteiger charge is -2.24. The second-order valence-corrected chi connectivity index (χ2v) is 6.48. The van der Waals surface area contributed by atoms with Crippen molar-refractivity contribution in [2.24, 2.45) is 0 Å². The van der Waals surface area contributed by atoms with Crippen LogP contribution in [0.25, 0.3) is 0 Å². The van der Waals surface area contributed by atoms with Gasteiger partial charge in [0.05, 0.1) is 10.6 Å². The SMILES string of the molecule is CCCN(c1ccc(N)cc1)S(=O)(=O)c1ccc(F)cc1. The molecule has 0 aliphatic rings. The molecule has 0 saturated heterocycles. The maximum absolute atomic E-state index is 13.0. The molecule has 0 amide bonds. The van der Waals surface area contributed by atoms with E-state index in [1.54, 1.807) is 24.3 Å². The lowest BCUT2D eigenvalue weighted by atomic mass is 10.3. The number of nitrogen functional groups attached to an aromatic ring is 1. The van der Waals surface area contributed by atoms with Gasteiger partial charge >= 0.3 is 0 Å². The van der Waals surface area contributed by atoms with Crippen LogP contribution in [0.5, 0.6) is 0 Å². The van der Waals surface area contributed by atoms with Gasteiger partial charge in [0.25, 0.3) is 10.0 Å². The van der Waals surface area contributed by atoms with Crippen LogP contribution < -0.4 is 10.0 Å². The van der Waals surface area contributed by atoms with Crippen molar-refractivity contribution in [1.82, 2.24) is 0 Å². The van der Waals surface area contributed by atoms with E-state index in [-0.39, 0.29) is 4.90 Å². The van der Waals surface area contributed by atoms with Crippen LogP contribution in [0.1, 0.15) is 13.3 Å². The molecule has 2 rings (SSSR count). The minimum Gasteiger partial charge on any atom is -0.399 e. The van der Waals surface area contributed by atoms with Crippen molar-refractivity contribution < 1.29 is 12.8 Å². The number of nitrogens with two attached hydrogens (primary N) is 1. The molecule has 0 aromatic heterocycles. The van der Waals surface area contributed by atoms with E-state index in [0.717, 1.165) is 12.1 Å². The van der Waals surface area contributed by atoms with E-state index in [1.165, 1.54) is 16.4 Å². The summed E-state index contributed by atoms with van der Waals surface area (Å²) in [6.07, 6.45) is 0.658. The molecule has 6 heteroatoms. The number of sulfonamides is 1. The molecule has 0 aliphatic carbocycles. The van der Waals surface area contributed by atoms with Crippen LogP contribution in [0.2, 0.25) is 0 Å². The molecule has 0 heterocycles. The number of rotatable bonds is 5. The number of nitrogens with zero attached hydrogens (tertiary/aromatic N) is 1. The summed E-state index contributed by atoms with van der Waals surface area (Å²) in [6.45, 7) is 2.23. The molecular formula is C15H17FN2O2S. The van der Waals surface area contributed by atoms with E-state index in [0.29, 0.717) is 24.3 Å². The van der Waals surface area contributed by atoms with E-state index >= 15 is 0 Å². The molecule has 0 fully saturated rings. The second kappa shape index (κ2) is 6.13. The molecule has 0 unspecified atom stereocenters. The van der Waals surface area contributed by atoms with Crippen LogP contribution in [0.4, 0.5) is 15.8 Å². The minimum absolute atomic E-state index is 0.0641. The highest BCUT2D eigenvalue weighted by Gasteiger charge is 2.24. The molecular weight excluding hydrogens is 291 g/mol. The van der Waals surface area contributed by atoms with Crippen molar-refractivity contribution >= 4 is 21.4 Å². The van der Waals surface area contributed by atoms with Crippen LogP contribution in [0.3, 0.4) is 0 Å². The van der Waals surface area contributed by atoms with E-state index in [2.05, 4.69) is 0 Å². The Hall–Kier alpha value is -2.08. The average Bonchev–Trinajstić information content (AvgIpc) is 2.46. The number of benzene rings is 2. The Morgan fingerprint density at radius 3 is 2.14 bits per heavy atom. The van der Waals surface area contributed by atoms with E-state index in [1.807, 2.05) is 6.92 Å². The average molecular weight is 308 g/mol. The van der Waals surface area contributed by atoms with Crippen molar-refractivity contribution in [3.8, 4) is 0 Å². The maximum Gasteiger partial charge on any atom is 0.264 e. The summed E-state index contributed by atoms with van der Waals surface area (Å²) >= 11 is 0. The number of hydrogen-bond acceptors (Lipinski definition) is 3. The van der Waals surface area contributed by atoms with Gasteiger partial charge in [-0.3, -0.25) is 4.31 Å². The fourth-order valence-corrected chi connectivity index (χ4v) is 3.52. The molecule has 0 atom stereocenters. The van der Waals surface area contributed by atoms with Crippen LogP contribution in [0.15, 0.2) is 53.4 Å². The summed E-state index contributed by atoms with van der Waals surface area (Å²) in [4.78, 5) is 0.0641. The molecule has 0 bridgehead atoms. The predicted octanol–water partition coefficient (Wildman–Crippen LogP) is 3.01. The quantitative estimate of drug-likeness (QED) is 0.864. The highest BCUT2D eigenvalue weighted by atomic mass is 32.2. The third kappa shape index (κ3) is 3.33. The Labute approximate surface area is 124 Å². The van der Waals surface area contributed by atoms with Crippen molar-refractivity contribution in [3.05, 3.63) is 54.3 Å². The first-order valence-corrected chi connectivity index (χ1v) is 8.03. The molecule has 2 aromatic carbocycles. The fraction of sp³-hybridized carbons (Fsp3) is 0.200. The van der Waals surface area contributed by atoms with E-state index in [9.17, 15) is 12.8 Å². The van der Waals surface area contributed by atoms with E-state index in [4.69, 9.17) is 5.73 Å². The van der Waals surface area contributed by atoms with Crippen molar-refractivity contribution in [2.75, 3.05) is 16.6 Å².